The first-order valence-electron chi connectivity index (χ1n) is 34.4. The maximum atomic E-state index is 7.07. The number of ether oxygens (including phenoxy) is 1. The average Bonchev–Trinajstić information content (AvgIpc) is 1.56. The van der Waals surface area contributed by atoms with Gasteiger partial charge in [-0.25, -0.2) is 4.98 Å². The summed E-state index contributed by atoms with van der Waals surface area (Å²) in [6.07, 6.45) is 8.37. The zero-order chi connectivity index (χ0) is 66.9. The third-order valence-electron chi connectivity index (χ3n) is 21.2. The maximum absolute atomic E-state index is 7.07. The molecule has 16 rings (SSSR count). The van der Waals surface area contributed by atoms with E-state index in [4.69, 9.17) is 9.72 Å². The molecular formula is C90H85N5OPt-2. The summed E-state index contributed by atoms with van der Waals surface area (Å²) in [6.45, 7) is 37.7. The largest absolute Gasteiger partial charge is 0.510 e. The molecule has 2 aliphatic rings. The van der Waals surface area contributed by atoms with Gasteiger partial charge in [-0.1, -0.05) is 232 Å². The van der Waals surface area contributed by atoms with Crippen LogP contribution in [0.25, 0.3) is 122 Å². The van der Waals surface area contributed by atoms with Crippen molar-refractivity contribution in [3.8, 4) is 78.9 Å². The van der Waals surface area contributed by atoms with Crippen LogP contribution in [0.4, 0.5) is 0 Å². The summed E-state index contributed by atoms with van der Waals surface area (Å²) in [6, 6.07) is 80.6. The Balaban J connectivity index is 0.00000770. The Morgan fingerprint density at radius 3 is 1.54 bits per heavy atom. The third-order valence-corrected chi connectivity index (χ3v) is 21.2. The van der Waals surface area contributed by atoms with Gasteiger partial charge in [0.2, 0.25) is 0 Å². The molecule has 1 aliphatic heterocycles. The molecule has 0 N–H and O–H groups in total. The fourth-order valence-corrected chi connectivity index (χ4v) is 15.4. The Kier molecular flexibility index (Phi) is 14.8. The van der Waals surface area contributed by atoms with E-state index >= 15 is 0 Å². The molecule has 97 heavy (non-hydrogen) atoms. The van der Waals surface area contributed by atoms with E-state index in [0.717, 1.165) is 102 Å². The fourth-order valence-electron chi connectivity index (χ4n) is 15.4. The van der Waals surface area contributed by atoms with E-state index in [0.29, 0.717) is 11.5 Å². The Morgan fingerprint density at radius 1 is 0.423 bits per heavy atom. The number of rotatable bonds is 6. The molecule has 488 valence electrons. The number of pyridine rings is 1. The number of para-hydroxylation sites is 3. The van der Waals surface area contributed by atoms with Gasteiger partial charge in [0.15, 0.2) is 0 Å². The van der Waals surface area contributed by atoms with Crippen molar-refractivity contribution >= 4 is 54.6 Å². The molecule has 0 saturated heterocycles. The quantitative estimate of drug-likeness (QED) is 0.123. The van der Waals surface area contributed by atoms with Crippen LogP contribution in [0, 0.1) is 18.5 Å². The van der Waals surface area contributed by atoms with Crippen molar-refractivity contribution in [2.24, 2.45) is 0 Å². The number of fused-ring (bicyclic) bond motifs is 14. The normalized spacial score (nSPS) is 14.4. The summed E-state index contributed by atoms with van der Waals surface area (Å²) in [5.74, 6) is 1.97. The van der Waals surface area contributed by atoms with Gasteiger partial charge in [-0.3, -0.25) is 4.57 Å². The maximum Gasteiger partial charge on any atom is 0.268 e. The summed E-state index contributed by atoms with van der Waals surface area (Å²) >= 11 is 0. The molecule has 1 aliphatic carbocycles. The van der Waals surface area contributed by atoms with Crippen LogP contribution in [0.1, 0.15) is 157 Å². The van der Waals surface area contributed by atoms with Crippen LogP contribution in [0.15, 0.2) is 200 Å². The predicted octanol–water partition coefficient (Wildman–Crippen LogP) is 23.2. The van der Waals surface area contributed by atoms with Crippen LogP contribution >= 0.6 is 0 Å². The molecule has 6 nitrogen and oxygen atoms in total. The minimum atomic E-state index is -0.243. The van der Waals surface area contributed by atoms with E-state index < -0.39 is 0 Å². The molecule has 14 aromatic rings. The van der Waals surface area contributed by atoms with E-state index in [1.54, 1.807) is 0 Å². The van der Waals surface area contributed by atoms with Crippen LogP contribution in [0.3, 0.4) is 0 Å². The molecular weight excluding hydrogens is 1360 g/mol. The van der Waals surface area contributed by atoms with E-state index in [1.807, 2.05) is 18.3 Å². The Morgan fingerprint density at radius 2 is 0.938 bits per heavy atom. The summed E-state index contributed by atoms with van der Waals surface area (Å²) < 4.78 is 16.5. The van der Waals surface area contributed by atoms with Gasteiger partial charge < -0.3 is 18.4 Å². The first-order valence-corrected chi connectivity index (χ1v) is 34.4. The zero-order valence-electron chi connectivity index (χ0n) is 58.9. The van der Waals surface area contributed by atoms with E-state index in [1.165, 1.54) is 66.4 Å². The summed E-state index contributed by atoms with van der Waals surface area (Å²) in [7, 11) is 0. The van der Waals surface area contributed by atoms with Crippen molar-refractivity contribution in [1.82, 2.24) is 18.7 Å². The van der Waals surface area contributed by atoms with Crippen LogP contribution in [-0.4, -0.2) is 18.7 Å². The van der Waals surface area contributed by atoms with Gasteiger partial charge in [0.05, 0.1) is 33.4 Å². The standard InChI is InChI=1S/C90H85N5O.Pt/c1-85(2,3)57-38-41-91-82(49-57)95-78-35-24-21-32-68(78)69-37-36-63(51-79(69)95)96-62-27-25-26-61(50-62)92-54-93-83-72(44-56(45-80(83)92)55-42-58(86(4,5)6)46-59(43-55)87(7,8)9)65-29-18-17-28-64(65)70-52-74-75(90(15,16)40-39-89(74,13)14)53-71(70)73-47-60(88(10,11)12)48-81(84(73)93)94-76-33-22-19-30-66(76)67-31-20-23-34-77(67)94;/h17-38,41-49,52-53H,39-40H2,1-16H3;/q-2;. The first-order chi connectivity index (χ1) is 45.6. The molecule has 0 unspecified atom stereocenters. The van der Waals surface area contributed by atoms with Gasteiger partial charge in [-0.15, -0.1) is 29.7 Å². The van der Waals surface area contributed by atoms with E-state index in [2.05, 4.69) is 329 Å². The number of imidazole rings is 1. The minimum absolute atomic E-state index is 0. The number of aromatic nitrogens is 5. The number of benzene rings is 10. The second-order valence-corrected chi connectivity index (χ2v) is 32.8. The van der Waals surface area contributed by atoms with Gasteiger partial charge >= 0.3 is 0 Å². The molecule has 0 amide bonds. The van der Waals surface area contributed by atoms with Crippen molar-refractivity contribution in [3.63, 3.8) is 0 Å². The molecule has 4 aromatic heterocycles. The summed E-state index contributed by atoms with van der Waals surface area (Å²) in [5.41, 5.74) is 25.8. The summed E-state index contributed by atoms with van der Waals surface area (Å²) in [4.78, 5) is 4.98. The molecule has 0 spiro atoms. The Bertz CT molecular complexity index is 5470. The molecule has 0 atom stereocenters. The topological polar surface area (TPSA) is 40.8 Å². The second kappa shape index (κ2) is 22.5. The SMILES string of the molecule is CC(C)(C)c1cc(-c2cc3c4c(c2)n(-c2[c-]c(Oc5[c-]c6c(cc5)c5ccccc5n6-c5cc(C(C)(C)C)ccn5)ccc2)[c-][n+]4-c2c(cc(C(C)(C)C)cc2-n2c4ccccc4c4ccccc42)-c2cc4c(cc2-c2ccccc2-3)C(C)(C)CCC4(C)C)cc(C(C)(C)C)c1.[Pt]. The first kappa shape index (κ1) is 63.9. The van der Waals surface area contributed by atoms with Crippen molar-refractivity contribution in [1.29, 1.82) is 0 Å². The van der Waals surface area contributed by atoms with E-state index in [9.17, 15) is 0 Å². The second-order valence-electron chi connectivity index (χ2n) is 32.8. The Hall–Kier alpha value is -9.09. The molecule has 0 fully saturated rings. The molecule has 0 radical (unpaired) electrons. The van der Waals surface area contributed by atoms with Crippen molar-refractivity contribution in [2.75, 3.05) is 0 Å². The van der Waals surface area contributed by atoms with E-state index in [-0.39, 0.29) is 53.6 Å². The summed E-state index contributed by atoms with van der Waals surface area (Å²) in [5, 5.41) is 4.62. The molecule has 0 saturated carbocycles. The van der Waals surface area contributed by atoms with Gasteiger partial charge in [0.1, 0.15) is 5.82 Å². The van der Waals surface area contributed by atoms with Crippen LogP contribution in [0.5, 0.6) is 11.5 Å². The monoisotopic (exact) mass is 1450 g/mol. The smallest absolute Gasteiger partial charge is 0.268 e. The number of nitrogens with zero attached hydrogens (tertiary/aromatic N) is 5. The predicted molar refractivity (Wildman–Crippen MR) is 400 cm³/mol. The number of hydrogen-bond acceptors (Lipinski definition) is 2. The van der Waals surface area contributed by atoms with Crippen LogP contribution < -0.4 is 9.30 Å². The molecule has 7 heteroatoms. The Labute approximate surface area is 586 Å². The fraction of sp³-hybridized carbons (Fsp3) is 0.267. The van der Waals surface area contributed by atoms with Gasteiger partial charge in [0, 0.05) is 55.1 Å². The van der Waals surface area contributed by atoms with Gasteiger partial charge in [-0.2, -0.15) is 18.2 Å². The number of hydrogen-bond donors (Lipinski definition) is 0. The molecule has 0 bridgehead atoms. The van der Waals surface area contributed by atoms with Crippen molar-refractivity contribution in [2.45, 2.75) is 156 Å². The minimum Gasteiger partial charge on any atom is -0.510 e. The zero-order valence-corrected chi connectivity index (χ0v) is 61.2. The van der Waals surface area contributed by atoms with Gasteiger partial charge in [0.25, 0.3) is 6.33 Å². The average molecular weight is 1450 g/mol. The van der Waals surface area contributed by atoms with Crippen LogP contribution in [0.2, 0.25) is 0 Å². The van der Waals surface area contributed by atoms with Crippen molar-refractivity contribution in [3.05, 3.63) is 252 Å². The van der Waals surface area contributed by atoms with Gasteiger partial charge in [-0.05, 0) is 183 Å². The van der Waals surface area contributed by atoms with Crippen LogP contribution in [-0.2, 0) is 53.6 Å². The molecule has 10 aromatic carbocycles. The van der Waals surface area contributed by atoms with Crippen molar-refractivity contribution < 1.29 is 30.4 Å². The third kappa shape index (κ3) is 10.6. The molecule has 5 heterocycles.